The maximum absolute atomic E-state index is 11.5. The normalized spacial score (nSPS) is 11.9. The SMILES string of the molecule is CC(C)(C)OC(=O)NC(CCC(=O)NCCC#N)C(=O)O. The molecule has 1 atom stereocenters. The van der Waals surface area contributed by atoms with Gasteiger partial charge in [0.1, 0.15) is 11.6 Å². The first-order chi connectivity index (χ1) is 9.65. The zero-order chi connectivity index (χ0) is 16.5. The van der Waals surface area contributed by atoms with Crippen LogP contribution >= 0.6 is 0 Å². The fourth-order valence-electron chi connectivity index (χ4n) is 1.33. The maximum atomic E-state index is 11.5. The molecule has 2 amide bonds. The van der Waals surface area contributed by atoms with Crippen molar-refractivity contribution in [2.24, 2.45) is 0 Å². The van der Waals surface area contributed by atoms with Crippen LogP contribution in [0.1, 0.15) is 40.0 Å². The number of alkyl carbamates (subject to hydrolysis) is 1. The Balaban J connectivity index is 4.26. The average Bonchev–Trinajstić information content (AvgIpc) is 2.32. The van der Waals surface area contributed by atoms with Crippen molar-refractivity contribution in [1.29, 1.82) is 5.26 Å². The summed E-state index contributed by atoms with van der Waals surface area (Å²) in [6.07, 6.45) is -0.796. The fourth-order valence-corrected chi connectivity index (χ4v) is 1.33. The van der Waals surface area contributed by atoms with E-state index in [1.807, 2.05) is 6.07 Å². The van der Waals surface area contributed by atoms with Crippen LogP contribution in [0.5, 0.6) is 0 Å². The van der Waals surface area contributed by atoms with E-state index in [-0.39, 0.29) is 31.7 Å². The largest absolute Gasteiger partial charge is 0.480 e. The Morgan fingerprint density at radius 1 is 1.33 bits per heavy atom. The lowest BCUT2D eigenvalue weighted by atomic mass is 10.1. The highest BCUT2D eigenvalue weighted by atomic mass is 16.6. The molecule has 1 unspecified atom stereocenters. The molecule has 0 rings (SSSR count). The predicted molar refractivity (Wildman–Crippen MR) is 73.3 cm³/mol. The van der Waals surface area contributed by atoms with Crippen LogP contribution in [0, 0.1) is 11.3 Å². The summed E-state index contributed by atoms with van der Waals surface area (Å²) in [5, 5.41) is 22.0. The molecule has 0 fully saturated rings. The maximum Gasteiger partial charge on any atom is 0.408 e. The number of rotatable bonds is 7. The Labute approximate surface area is 123 Å². The van der Waals surface area contributed by atoms with Gasteiger partial charge in [0, 0.05) is 13.0 Å². The van der Waals surface area contributed by atoms with E-state index < -0.39 is 23.7 Å². The molecule has 0 aliphatic rings. The second-order valence-electron chi connectivity index (χ2n) is 5.33. The van der Waals surface area contributed by atoms with E-state index in [2.05, 4.69) is 10.6 Å². The molecule has 8 nitrogen and oxygen atoms in total. The smallest absolute Gasteiger partial charge is 0.408 e. The Morgan fingerprint density at radius 3 is 2.43 bits per heavy atom. The van der Waals surface area contributed by atoms with Gasteiger partial charge in [0.2, 0.25) is 5.91 Å². The minimum Gasteiger partial charge on any atom is -0.480 e. The first-order valence-corrected chi connectivity index (χ1v) is 6.51. The van der Waals surface area contributed by atoms with Gasteiger partial charge in [-0.25, -0.2) is 9.59 Å². The topological polar surface area (TPSA) is 129 Å². The molecule has 0 bridgehead atoms. The zero-order valence-corrected chi connectivity index (χ0v) is 12.4. The molecule has 0 saturated heterocycles. The quantitative estimate of drug-likeness (QED) is 0.596. The van der Waals surface area contributed by atoms with Crippen LogP contribution in [0.15, 0.2) is 0 Å². The molecule has 0 aliphatic carbocycles. The van der Waals surface area contributed by atoms with E-state index in [9.17, 15) is 14.4 Å². The molecule has 0 heterocycles. The van der Waals surface area contributed by atoms with Crippen LogP contribution in [0.4, 0.5) is 4.79 Å². The number of hydrogen-bond acceptors (Lipinski definition) is 5. The molecule has 0 saturated carbocycles. The van der Waals surface area contributed by atoms with Gasteiger partial charge in [-0.3, -0.25) is 4.79 Å². The van der Waals surface area contributed by atoms with Crippen LogP contribution < -0.4 is 10.6 Å². The van der Waals surface area contributed by atoms with Crippen molar-refractivity contribution in [1.82, 2.24) is 10.6 Å². The van der Waals surface area contributed by atoms with Crippen molar-refractivity contribution in [3.8, 4) is 6.07 Å². The van der Waals surface area contributed by atoms with Crippen molar-refractivity contribution in [3.63, 3.8) is 0 Å². The Kier molecular flexibility index (Phi) is 7.83. The Hall–Kier alpha value is -2.30. The Morgan fingerprint density at radius 2 is 1.95 bits per heavy atom. The van der Waals surface area contributed by atoms with Gasteiger partial charge in [-0.1, -0.05) is 0 Å². The van der Waals surface area contributed by atoms with E-state index in [1.54, 1.807) is 20.8 Å². The van der Waals surface area contributed by atoms with Gasteiger partial charge in [-0.05, 0) is 27.2 Å². The number of aliphatic carboxylic acids is 1. The fraction of sp³-hybridized carbons (Fsp3) is 0.692. The third kappa shape index (κ3) is 10.2. The molecule has 118 valence electrons. The van der Waals surface area contributed by atoms with Gasteiger partial charge < -0.3 is 20.5 Å². The second kappa shape index (κ2) is 8.79. The van der Waals surface area contributed by atoms with Crippen molar-refractivity contribution in [2.75, 3.05) is 6.54 Å². The number of nitriles is 1. The molecule has 0 aromatic rings. The summed E-state index contributed by atoms with van der Waals surface area (Å²) in [6.45, 7) is 5.19. The molecule has 21 heavy (non-hydrogen) atoms. The van der Waals surface area contributed by atoms with E-state index in [0.717, 1.165) is 0 Å². The zero-order valence-electron chi connectivity index (χ0n) is 12.4. The summed E-state index contributed by atoms with van der Waals surface area (Å²) < 4.78 is 4.95. The van der Waals surface area contributed by atoms with Crippen LogP contribution in [0.3, 0.4) is 0 Å². The first-order valence-electron chi connectivity index (χ1n) is 6.51. The summed E-state index contributed by atoms with van der Waals surface area (Å²) in [4.78, 5) is 33.9. The number of ether oxygens (including phenoxy) is 1. The first kappa shape index (κ1) is 18.7. The molecule has 0 spiro atoms. The number of carbonyl (C=O) groups excluding carboxylic acids is 2. The number of carboxylic acids is 1. The average molecular weight is 299 g/mol. The second-order valence-corrected chi connectivity index (χ2v) is 5.33. The van der Waals surface area contributed by atoms with Gasteiger partial charge in [-0.2, -0.15) is 5.26 Å². The van der Waals surface area contributed by atoms with Gasteiger partial charge in [0.25, 0.3) is 0 Å². The number of amides is 2. The molecule has 0 aromatic carbocycles. The van der Waals surface area contributed by atoms with Crippen LogP contribution in [0.25, 0.3) is 0 Å². The predicted octanol–water partition coefficient (Wildman–Crippen LogP) is 0.774. The highest BCUT2D eigenvalue weighted by Gasteiger charge is 2.24. The van der Waals surface area contributed by atoms with E-state index >= 15 is 0 Å². The van der Waals surface area contributed by atoms with Gasteiger partial charge in [0.05, 0.1) is 12.5 Å². The van der Waals surface area contributed by atoms with E-state index in [1.165, 1.54) is 0 Å². The molecule has 8 heteroatoms. The number of nitrogens with one attached hydrogen (secondary N) is 2. The molecule has 0 aromatic heterocycles. The summed E-state index contributed by atoms with van der Waals surface area (Å²) in [5.41, 5.74) is -0.734. The lowest BCUT2D eigenvalue weighted by molar-refractivity contribution is -0.139. The van der Waals surface area contributed by atoms with Gasteiger partial charge in [0.15, 0.2) is 0 Å². The van der Waals surface area contributed by atoms with Gasteiger partial charge >= 0.3 is 12.1 Å². The third-order valence-corrected chi connectivity index (χ3v) is 2.21. The summed E-state index contributed by atoms with van der Waals surface area (Å²) in [7, 11) is 0. The lowest BCUT2D eigenvalue weighted by Crippen LogP contribution is -2.44. The number of carboxylic acid groups (broad SMARTS) is 1. The minimum atomic E-state index is -1.24. The van der Waals surface area contributed by atoms with Crippen molar-refractivity contribution in [3.05, 3.63) is 0 Å². The standard InChI is InChI=1S/C13H21N3O5/c1-13(2,3)21-12(20)16-9(11(18)19)5-6-10(17)15-8-4-7-14/h9H,4-6,8H2,1-3H3,(H,15,17)(H,16,20)(H,18,19). The van der Waals surface area contributed by atoms with Crippen molar-refractivity contribution < 1.29 is 24.2 Å². The minimum absolute atomic E-state index is 0.0625. The highest BCUT2D eigenvalue weighted by molar-refractivity contribution is 5.81. The van der Waals surface area contributed by atoms with Gasteiger partial charge in [-0.15, -0.1) is 0 Å². The molecule has 3 N–H and O–H groups in total. The van der Waals surface area contributed by atoms with E-state index in [0.29, 0.717) is 0 Å². The van der Waals surface area contributed by atoms with Crippen LogP contribution in [-0.2, 0) is 14.3 Å². The monoisotopic (exact) mass is 299 g/mol. The van der Waals surface area contributed by atoms with Crippen molar-refractivity contribution in [2.45, 2.75) is 51.7 Å². The molecule has 0 radical (unpaired) electrons. The third-order valence-electron chi connectivity index (χ3n) is 2.21. The summed E-state index contributed by atoms with van der Waals surface area (Å²) in [5.74, 6) is -1.62. The Bertz CT molecular complexity index is 423. The van der Waals surface area contributed by atoms with Crippen LogP contribution in [-0.4, -0.2) is 41.3 Å². The molecule has 0 aliphatic heterocycles. The summed E-state index contributed by atoms with van der Waals surface area (Å²) in [6, 6.07) is 0.665. The van der Waals surface area contributed by atoms with Crippen LogP contribution in [0.2, 0.25) is 0 Å². The number of carbonyl (C=O) groups is 3. The number of hydrogen-bond donors (Lipinski definition) is 3. The summed E-state index contributed by atoms with van der Waals surface area (Å²) >= 11 is 0. The lowest BCUT2D eigenvalue weighted by Gasteiger charge is -2.21. The highest BCUT2D eigenvalue weighted by Crippen LogP contribution is 2.07. The molecular weight excluding hydrogens is 278 g/mol. The molecular formula is C13H21N3O5. The van der Waals surface area contributed by atoms with Crippen molar-refractivity contribution >= 4 is 18.0 Å². The van der Waals surface area contributed by atoms with E-state index in [4.69, 9.17) is 15.1 Å². The number of nitrogens with zero attached hydrogens (tertiary/aromatic N) is 1.